The molecule has 2 aliphatic rings. The minimum atomic E-state index is -0.155. The van der Waals surface area contributed by atoms with E-state index in [1.54, 1.807) is 0 Å². The highest BCUT2D eigenvalue weighted by Crippen LogP contribution is 2.55. The van der Waals surface area contributed by atoms with Crippen LogP contribution in [-0.2, 0) is 5.54 Å². The number of hydrogen-bond donors (Lipinski definition) is 0. The maximum absolute atomic E-state index is 13.4. The Morgan fingerprint density at radius 2 is 1.78 bits per heavy atom. The Hall–Kier alpha value is -0.860. The molecule has 1 aliphatic heterocycles. The Morgan fingerprint density at radius 1 is 1.17 bits per heavy atom. The van der Waals surface area contributed by atoms with Crippen molar-refractivity contribution in [1.82, 2.24) is 0 Å². The molecule has 0 radical (unpaired) electrons. The van der Waals surface area contributed by atoms with Crippen molar-refractivity contribution in [3.8, 4) is 0 Å². The molecule has 2 nitrogen and oxygen atoms in total. The second kappa shape index (κ2) is 4.36. The SMILES string of the molecule is CCC(c1ccccc1)(C1CC1)[N+]1([O-])CCCC1. The molecule has 18 heavy (non-hydrogen) atoms. The number of nitrogens with zero attached hydrogens (tertiary/aromatic N) is 1. The molecule has 98 valence electrons. The summed E-state index contributed by atoms with van der Waals surface area (Å²) in [5.74, 6) is 0.612. The van der Waals surface area contributed by atoms with Gasteiger partial charge in [-0.3, -0.25) is 0 Å². The van der Waals surface area contributed by atoms with Gasteiger partial charge in [-0.25, -0.2) is 0 Å². The van der Waals surface area contributed by atoms with Crippen molar-refractivity contribution in [2.24, 2.45) is 5.92 Å². The van der Waals surface area contributed by atoms with Crippen LogP contribution in [0.25, 0.3) is 0 Å². The second-order valence-corrected chi connectivity index (χ2v) is 5.96. The minimum absolute atomic E-state index is 0.0399. The number of benzene rings is 1. The van der Waals surface area contributed by atoms with Crippen LogP contribution in [-0.4, -0.2) is 17.7 Å². The van der Waals surface area contributed by atoms with Crippen LogP contribution in [0, 0.1) is 11.1 Å². The predicted octanol–water partition coefficient (Wildman–Crippen LogP) is 3.81. The van der Waals surface area contributed by atoms with E-state index in [9.17, 15) is 5.21 Å². The summed E-state index contributed by atoms with van der Waals surface area (Å²) in [6.07, 6.45) is 5.66. The largest absolute Gasteiger partial charge is 0.632 e. The average molecular weight is 245 g/mol. The van der Waals surface area contributed by atoms with Crippen molar-refractivity contribution in [3.63, 3.8) is 0 Å². The average Bonchev–Trinajstić information content (AvgIpc) is 3.15. The van der Waals surface area contributed by atoms with Gasteiger partial charge in [-0.2, -0.15) is 0 Å². The molecule has 0 spiro atoms. The Bertz CT molecular complexity index is 406. The van der Waals surface area contributed by atoms with Gasteiger partial charge in [0.25, 0.3) is 0 Å². The van der Waals surface area contributed by atoms with Gasteiger partial charge in [0.1, 0.15) is 5.54 Å². The molecule has 1 saturated heterocycles. The van der Waals surface area contributed by atoms with Crippen molar-refractivity contribution in [2.75, 3.05) is 13.1 Å². The summed E-state index contributed by atoms with van der Waals surface area (Å²) in [4.78, 5) is 0. The van der Waals surface area contributed by atoms with Crippen molar-refractivity contribution in [3.05, 3.63) is 41.1 Å². The molecule has 1 atom stereocenters. The monoisotopic (exact) mass is 245 g/mol. The molecule has 0 N–H and O–H groups in total. The van der Waals surface area contributed by atoms with Gasteiger partial charge in [0, 0.05) is 30.7 Å². The zero-order valence-electron chi connectivity index (χ0n) is 11.3. The summed E-state index contributed by atoms with van der Waals surface area (Å²) in [6, 6.07) is 10.6. The summed E-state index contributed by atoms with van der Waals surface area (Å²) in [5.41, 5.74) is 1.13. The van der Waals surface area contributed by atoms with E-state index in [1.165, 1.54) is 18.4 Å². The fraction of sp³-hybridized carbons (Fsp3) is 0.625. The van der Waals surface area contributed by atoms with E-state index in [1.807, 2.05) is 0 Å². The molecule has 1 aromatic rings. The normalized spacial score (nSPS) is 25.9. The molecule has 1 saturated carbocycles. The van der Waals surface area contributed by atoms with Gasteiger partial charge >= 0.3 is 0 Å². The maximum atomic E-state index is 13.4. The van der Waals surface area contributed by atoms with Crippen LogP contribution >= 0.6 is 0 Å². The van der Waals surface area contributed by atoms with Crippen LogP contribution < -0.4 is 0 Å². The second-order valence-electron chi connectivity index (χ2n) is 5.96. The third kappa shape index (κ3) is 1.63. The molecule has 0 amide bonds. The fourth-order valence-corrected chi connectivity index (χ4v) is 4.12. The summed E-state index contributed by atoms with van der Waals surface area (Å²) in [7, 11) is 0. The Kier molecular flexibility index (Phi) is 2.95. The number of hydroxylamine groups is 3. The zero-order chi connectivity index (χ0) is 12.6. The van der Waals surface area contributed by atoms with Crippen LogP contribution in [0.3, 0.4) is 0 Å². The van der Waals surface area contributed by atoms with Gasteiger partial charge in [0.2, 0.25) is 0 Å². The quantitative estimate of drug-likeness (QED) is 0.584. The molecule has 2 fully saturated rings. The fourth-order valence-electron chi connectivity index (χ4n) is 4.12. The number of rotatable bonds is 4. The Balaban J connectivity index is 2.08. The summed E-state index contributed by atoms with van der Waals surface area (Å²) in [6.45, 7) is 3.85. The van der Waals surface area contributed by atoms with Crippen LogP contribution in [0.4, 0.5) is 0 Å². The van der Waals surface area contributed by atoms with Crippen LogP contribution in [0.15, 0.2) is 30.3 Å². The highest BCUT2D eigenvalue weighted by Gasteiger charge is 2.56. The van der Waals surface area contributed by atoms with Crippen LogP contribution in [0.2, 0.25) is 0 Å². The van der Waals surface area contributed by atoms with E-state index in [0.29, 0.717) is 5.92 Å². The molecule has 2 heteroatoms. The Morgan fingerprint density at radius 3 is 2.28 bits per heavy atom. The first-order valence-corrected chi connectivity index (χ1v) is 7.37. The third-order valence-corrected chi connectivity index (χ3v) is 5.08. The first-order chi connectivity index (χ1) is 8.73. The van der Waals surface area contributed by atoms with E-state index >= 15 is 0 Å². The van der Waals surface area contributed by atoms with Crippen molar-refractivity contribution in [1.29, 1.82) is 0 Å². The van der Waals surface area contributed by atoms with Crippen LogP contribution in [0.5, 0.6) is 0 Å². The maximum Gasteiger partial charge on any atom is 0.127 e. The first kappa shape index (κ1) is 12.2. The molecule has 1 unspecified atom stereocenters. The van der Waals surface area contributed by atoms with E-state index in [-0.39, 0.29) is 10.2 Å². The van der Waals surface area contributed by atoms with Gasteiger partial charge in [-0.1, -0.05) is 37.3 Å². The molecule has 1 aromatic carbocycles. The van der Waals surface area contributed by atoms with Gasteiger partial charge in [-0.15, -0.1) is 0 Å². The van der Waals surface area contributed by atoms with Crippen molar-refractivity contribution in [2.45, 2.75) is 44.6 Å². The molecule has 0 aromatic heterocycles. The van der Waals surface area contributed by atoms with Crippen molar-refractivity contribution >= 4 is 0 Å². The standard InChI is InChI=1S/C16H23NO/c1-2-16(15-10-11-15,14-8-4-3-5-9-14)17(18)12-6-7-13-17/h3-5,8-9,15H,2,6-7,10-13H2,1H3. The minimum Gasteiger partial charge on any atom is -0.632 e. The summed E-state index contributed by atoms with van der Waals surface area (Å²) < 4.78 is 0.0399. The van der Waals surface area contributed by atoms with E-state index < -0.39 is 0 Å². The molecular formula is C16H23NO. The number of quaternary nitrogens is 1. The molecule has 3 rings (SSSR count). The van der Waals surface area contributed by atoms with Gasteiger partial charge in [0.15, 0.2) is 0 Å². The van der Waals surface area contributed by atoms with Gasteiger partial charge in [0.05, 0.1) is 13.1 Å². The lowest BCUT2D eigenvalue weighted by Crippen LogP contribution is -2.58. The van der Waals surface area contributed by atoms with Crippen LogP contribution in [0.1, 0.15) is 44.6 Å². The van der Waals surface area contributed by atoms with E-state index in [0.717, 1.165) is 32.4 Å². The number of likely N-dealkylation sites (tertiary alicyclic amines) is 1. The molecule has 0 bridgehead atoms. The first-order valence-electron chi connectivity index (χ1n) is 7.37. The summed E-state index contributed by atoms with van der Waals surface area (Å²) in [5, 5.41) is 13.4. The molecule has 1 heterocycles. The third-order valence-electron chi connectivity index (χ3n) is 5.08. The summed E-state index contributed by atoms with van der Waals surface area (Å²) >= 11 is 0. The smallest absolute Gasteiger partial charge is 0.127 e. The van der Waals surface area contributed by atoms with Crippen molar-refractivity contribution < 1.29 is 4.65 Å². The molecular weight excluding hydrogens is 222 g/mol. The lowest BCUT2D eigenvalue weighted by Gasteiger charge is -2.55. The topological polar surface area (TPSA) is 23.1 Å². The molecule has 1 aliphatic carbocycles. The predicted molar refractivity (Wildman–Crippen MR) is 73.7 cm³/mol. The van der Waals surface area contributed by atoms with E-state index in [4.69, 9.17) is 0 Å². The van der Waals surface area contributed by atoms with Gasteiger partial charge in [-0.05, 0) is 12.8 Å². The number of hydrogen-bond acceptors (Lipinski definition) is 1. The Labute approximate surface area is 110 Å². The lowest BCUT2D eigenvalue weighted by molar-refractivity contribution is -0.933. The van der Waals surface area contributed by atoms with E-state index in [2.05, 4.69) is 37.3 Å². The van der Waals surface area contributed by atoms with Gasteiger partial charge < -0.3 is 9.85 Å². The highest BCUT2D eigenvalue weighted by molar-refractivity contribution is 5.25. The zero-order valence-corrected chi connectivity index (χ0v) is 11.3. The highest BCUT2D eigenvalue weighted by atomic mass is 16.6. The lowest BCUT2D eigenvalue weighted by atomic mass is 9.80.